The third-order valence-electron chi connectivity index (χ3n) is 4.79. The van der Waals surface area contributed by atoms with E-state index >= 15 is 0 Å². The van der Waals surface area contributed by atoms with E-state index < -0.39 is 33.8 Å². The molecular weight excluding hydrogens is 443 g/mol. The second-order valence-electron chi connectivity index (χ2n) is 6.96. The molecule has 0 spiro atoms. The zero-order chi connectivity index (χ0) is 23.0. The number of alkyl halides is 3. The Hall–Kier alpha value is -3.79. The van der Waals surface area contributed by atoms with E-state index in [0.717, 1.165) is 16.3 Å². The van der Waals surface area contributed by atoms with Crippen LogP contribution in [0.2, 0.25) is 0 Å². The second kappa shape index (κ2) is 8.04. The van der Waals surface area contributed by atoms with Crippen molar-refractivity contribution in [3.63, 3.8) is 0 Å². The summed E-state index contributed by atoms with van der Waals surface area (Å²) in [6, 6.07) is 14.6. The summed E-state index contributed by atoms with van der Waals surface area (Å²) in [4.78, 5) is 27.5. The van der Waals surface area contributed by atoms with Crippen LogP contribution in [0.4, 0.5) is 24.5 Å². The maximum atomic E-state index is 13.4. The molecule has 0 radical (unpaired) electrons. The quantitative estimate of drug-likeness (QED) is 0.282. The van der Waals surface area contributed by atoms with Crippen LogP contribution in [0.3, 0.4) is 0 Å². The molecule has 1 aromatic heterocycles. The third kappa shape index (κ3) is 4.17. The second-order valence-corrected chi connectivity index (χ2v) is 7.99. The average Bonchev–Trinajstić information content (AvgIpc) is 3.18. The van der Waals surface area contributed by atoms with Crippen molar-refractivity contribution in [2.24, 2.45) is 0 Å². The minimum atomic E-state index is -4.85. The highest BCUT2D eigenvalue weighted by Crippen LogP contribution is 2.35. The first-order valence-electron chi connectivity index (χ1n) is 9.27. The molecule has 6 nitrogen and oxygen atoms in total. The van der Waals surface area contributed by atoms with Crippen molar-refractivity contribution in [1.82, 2.24) is 4.98 Å². The summed E-state index contributed by atoms with van der Waals surface area (Å²) in [5.41, 5.74) is -0.291. The van der Waals surface area contributed by atoms with Gasteiger partial charge in [0.2, 0.25) is 0 Å². The smallest absolute Gasteiger partial charge is 0.322 e. The van der Waals surface area contributed by atoms with Crippen LogP contribution in [0.1, 0.15) is 21.5 Å². The number of nitro groups is 1. The van der Waals surface area contributed by atoms with Crippen LogP contribution in [0.25, 0.3) is 20.8 Å². The third-order valence-corrected chi connectivity index (χ3v) is 5.88. The molecule has 0 saturated carbocycles. The number of nitro benzene ring substituents is 1. The summed E-state index contributed by atoms with van der Waals surface area (Å²) in [5, 5.41) is 14.2. The zero-order valence-electron chi connectivity index (χ0n) is 16.4. The number of benzene rings is 3. The first-order valence-corrected chi connectivity index (χ1v) is 10.1. The number of aryl methyl sites for hydroxylation is 1. The number of carbonyl (C=O) groups is 1. The molecule has 3 aromatic carbocycles. The highest BCUT2D eigenvalue weighted by molar-refractivity contribution is 7.21. The van der Waals surface area contributed by atoms with Gasteiger partial charge < -0.3 is 5.32 Å². The topological polar surface area (TPSA) is 85.1 Å². The monoisotopic (exact) mass is 457 g/mol. The van der Waals surface area contributed by atoms with E-state index in [1.807, 2.05) is 24.3 Å². The summed E-state index contributed by atoms with van der Waals surface area (Å²) >= 11 is 1.44. The van der Waals surface area contributed by atoms with Crippen LogP contribution in [-0.2, 0) is 6.18 Å². The number of amides is 1. The summed E-state index contributed by atoms with van der Waals surface area (Å²) in [7, 11) is 0. The number of fused-ring (bicyclic) bond motifs is 1. The van der Waals surface area contributed by atoms with Crippen molar-refractivity contribution in [1.29, 1.82) is 0 Å². The van der Waals surface area contributed by atoms with Crippen molar-refractivity contribution in [3.8, 4) is 10.6 Å². The van der Waals surface area contributed by atoms with Crippen molar-refractivity contribution >= 4 is 38.8 Å². The molecular formula is C22H14F3N3O3S. The van der Waals surface area contributed by atoms with E-state index in [9.17, 15) is 28.1 Å². The number of thiazole rings is 1. The lowest BCUT2D eigenvalue weighted by molar-refractivity contribution is -0.384. The van der Waals surface area contributed by atoms with E-state index in [1.165, 1.54) is 11.3 Å². The summed E-state index contributed by atoms with van der Waals surface area (Å²) < 4.78 is 41.1. The summed E-state index contributed by atoms with van der Waals surface area (Å²) in [6.07, 6.45) is -4.85. The van der Waals surface area contributed by atoms with Gasteiger partial charge in [0.15, 0.2) is 0 Å². The molecule has 1 heterocycles. The van der Waals surface area contributed by atoms with Crippen LogP contribution in [-0.4, -0.2) is 15.8 Å². The van der Waals surface area contributed by atoms with Crippen LogP contribution < -0.4 is 5.32 Å². The Morgan fingerprint density at radius 2 is 1.84 bits per heavy atom. The number of non-ortho nitro benzene ring substituents is 1. The largest absolute Gasteiger partial charge is 0.417 e. The van der Waals surface area contributed by atoms with Crippen molar-refractivity contribution in [2.45, 2.75) is 13.1 Å². The van der Waals surface area contributed by atoms with Gasteiger partial charge in [0.05, 0.1) is 26.3 Å². The van der Waals surface area contributed by atoms with E-state index in [0.29, 0.717) is 28.3 Å². The Labute approximate surface area is 183 Å². The minimum absolute atomic E-state index is 0.284. The van der Waals surface area contributed by atoms with E-state index in [2.05, 4.69) is 10.3 Å². The molecule has 162 valence electrons. The average molecular weight is 457 g/mol. The molecule has 0 bridgehead atoms. The molecule has 0 saturated heterocycles. The van der Waals surface area contributed by atoms with Gasteiger partial charge in [0.25, 0.3) is 11.6 Å². The molecule has 10 heteroatoms. The number of carbonyl (C=O) groups excluding carboxylic acids is 1. The molecule has 1 amide bonds. The molecule has 0 fully saturated rings. The fraction of sp³-hybridized carbons (Fsp3) is 0.0909. The number of hydrogen-bond acceptors (Lipinski definition) is 5. The fourth-order valence-electron chi connectivity index (χ4n) is 3.16. The first-order chi connectivity index (χ1) is 15.1. The highest BCUT2D eigenvalue weighted by Gasteiger charge is 2.36. The lowest BCUT2D eigenvalue weighted by Gasteiger charge is -2.14. The van der Waals surface area contributed by atoms with Gasteiger partial charge in [0, 0.05) is 23.4 Å². The maximum Gasteiger partial charge on any atom is 0.417 e. The lowest BCUT2D eigenvalue weighted by Crippen LogP contribution is -2.19. The van der Waals surface area contributed by atoms with Crippen LogP contribution in [0.15, 0.2) is 60.7 Å². The van der Waals surface area contributed by atoms with Gasteiger partial charge >= 0.3 is 6.18 Å². The van der Waals surface area contributed by atoms with Gasteiger partial charge in [0.1, 0.15) is 5.01 Å². The maximum absolute atomic E-state index is 13.4. The Balaban J connectivity index is 1.71. The number of para-hydroxylation sites is 1. The SMILES string of the molecule is Cc1ccc(-c2nc3ccccc3s2)cc1NC(=O)c1cc([N+](=O)[O-])ccc1C(F)(F)F. The molecule has 32 heavy (non-hydrogen) atoms. The molecule has 1 N–H and O–H groups in total. The van der Waals surface area contributed by atoms with Gasteiger partial charge in [-0.15, -0.1) is 11.3 Å². The number of anilines is 1. The summed E-state index contributed by atoms with van der Waals surface area (Å²) in [5.74, 6) is -1.09. The van der Waals surface area contributed by atoms with Crippen molar-refractivity contribution in [3.05, 3.63) is 87.5 Å². The van der Waals surface area contributed by atoms with Crippen LogP contribution in [0, 0.1) is 17.0 Å². The molecule has 0 atom stereocenters. The van der Waals surface area contributed by atoms with Gasteiger partial charge in [-0.25, -0.2) is 4.98 Å². The van der Waals surface area contributed by atoms with Gasteiger partial charge in [-0.05, 0) is 36.8 Å². The number of nitrogens with one attached hydrogen (secondary N) is 1. The Bertz CT molecular complexity index is 1330. The Morgan fingerprint density at radius 3 is 2.53 bits per heavy atom. The normalized spacial score (nSPS) is 11.5. The highest BCUT2D eigenvalue weighted by atomic mass is 32.1. The molecule has 4 aromatic rings. The standard InChI is InChI=1S/C22H14F3N3O3S/c1-12-6-7-13(21-27-17-4-2-3-5-19(17)32-21)10-18(12)26-20(29)15-11-14(28(30)31)8-9-16(15)22(23,24)25/h2-11H,1H3,(H,26,29). The number of rotatable bonds is 4. The van der Waals surface area contributed by atoms with Crippen molar-refractivity contribution in [2.75, 3.05) is 5.32 Å². The van der Waals surface area contributed by atoms with Crippen LogP contribution in [0.5, 0.6) is 0 Å². The van der Waals surface area contributed by atoms with Crippen molar-refractivity contribution < 1.29 is 22.9 Å². The molecule has 4 rings (SSSR count). The minimum Gasteiger partial charge on any atom is -0.322 e. The van der Waals surface area contributed by atoms with Gasteiger partial charge in [-0.1, -0.05) is 24.3 Å². The number of halogens is 3. The Kier molecular flexibility index (Phi) is 5.39. The van der Waals surface area contributed by atoms with Gasteiger partial charge in [-0.3, -0.25) is 14.9 Å². The number of nitrogens with zero attached hydrogens (tertiary/aromatic N) is 2. The molecule has 0 aliphatic rings. The molecule has 0 unspecified atom stereocenters. The summed E-state index contributed by atoms with van der Waals surface area (Å²) in [6.45, 7) is 1.69. The lowest BCUT2D eigenvalue weighted by atomic mass is 10.0. The predicted octanol–water partition coefficient (Wildman–Crippen LogP) is 6.45. The number of aromatic nitrogens is 1. The number of hydrogen-bond donors (Lipinski definition) is 1. The van der Waals surface area contributed by atoms with Gasteiger partial charge in [-0.2, -0.15) is 13.2 Å². The van der Waals surface area contributed by atoms with E-state index in [1.54, 1.807) is 25.1 Å². The van der Waals surface area contributed by atoms with E-state index in [4.69, 9.17) is 0 Å². The fourth-order valence-corrected chi connectivity index (χ4v) is 4.12. The Morgan fingerprint density at radius 1 is 1.09 bits per heavy atom. The van der Waals surface area contributed by atoms with E-state index in [-0.39, 0.29) is 5.69 Å². The van der Waals surface area contributed by atoms with Crippen LogP contribution >= 0.6 is 11.3 Å². The molecule has 0 aliphatic carbocycles. The predicted molar refractivity (Wildman–Crippen MR) is 116 cm³/mol. The first kappa shape index (κ1) is 21.4. The molecule has 0 aliphatic heterocycles. The zero-order valence-corrected chi connectivity index (χ0v) is 17.3.